The van der Waals surface area contributed by atoms with E-state index >= 15 is 0 Å². The molecule has 2 aliphatic carbocycles. The summed E-state index contributed by atoms with van der Waals surface area (Å²) in [6, 6.07) is 0. The van der Waals surface area contributed by atoms with E-state index in [1.165, 1.54) is 51.4 Å². The fourth-order valence-corrected chi connectivity index (χ4v) is 4.96. The second-order valence-electron chi connectivity index (χ2n) is 10.3. The van der Waals surface area contributed by atoms with Crippen molar-refractivity contribution < 1.29 is 0 Å². The van der Waals surface area contributed by atoms with Crippen LogP contribution in [0.25, 0.3) is 0 Å². The van der Waals surface area contributed by atoms with Gasteiger partial charge in [-0.15, -0.1) is 0 Å². The molecule has 0 nitrogen and oxygen atoms in total. The maximum Gasteiger partial charge on any atom is -0.0391 e. The average Bonchev–Trinajstić information content (AvgIpc) is 2.71. The standard InChI is InChI=1S/2C12H24.2C2H6/c2*1-9(2)11-5-7-12(8-6-11)10(3)4;2*1-2/h2*9-12H,5-8H2,1-4H3;2*1-2H3. The smallest absolute Gasteiger partial charge is 0.0391 e. The highest BCUT2D eigenvalue weighted by Gasteiger charge is 2.25. The molecule has 2 fully saturated rings. The second kappa shape index (κ2) is 17.8. The van der Waals surface area contributed by atoms with Gasteiger partial charge in [-0.3, -0.25) is 0 Å². The van der Waals surface area contributed by atoms with Crippen LogP contribution < -0.4 is 0 Å². The molecule has 0 aliphatic heterocycles. The number of hydrogen-bond acceptors (Lipinski definition) is 0. The highest BCUT2D eigenvalue weighted by Crippen LogP contribution is 2.37. The lowest BCUT2D eigenvalue weighted by atomic mass is 9.73. The van der Waals surface area contributed by atoms with Gasteiger partial charge in [0.05, 0.1) is 0 Å². The van der Waals surface area contributed by atoms with E-state index in [1.807, 2.05) is 27.7 Å². The monoisotopic (exact) mass is 396 g/mol. The fraction of sp³-hybridized carbons (Fsp3) is 1.00. The molecule has 0 bridgehead atoms. The molecule has 0 aromatic rings. The molecule has 172 valence electrons. The lowest BCUT2D eigenvalue weighted by Crippen LogP contribution is -2.21. The Hall–Kier alpha value is 0. The quantitative estimate of drug-likeness (QED) is 0.443. The predicted octanol–water partition coefficient (Wildman–Crippen LogP) is 10.3. The lowest BCUT2D eigenvalue weighted by Gasteiger charge is -2.32. The minimum absolute atomic E-state index is 0.915. The van der Waals surface area contributed by atoms with Gasteiger partial charge >= 0.3 is 0 Å². The maximum absolute atomic E-state index is 2.38. The van der Waals surface area contributed by atoms with Gasteiger partial charge in [0, 0.05) is 0 Å². The Kier molecular flexibility index (Phi) is 19.2. The zero-order valence-corrected chi connectivity index (χ0v) is 22.3. The molecule has 0 amide bonds. The molecule has 0 saturated heterocycles. The normalized spacial score (nSPS) is 27.4. The van der Waals surface area contributed by atoms with Crippen LogP contribution >= 0.6 is 0 Å². The summed E-state index contributed by atoms with van der Waals surface area (Å²) in [6.07, 6.45) is 11.9. The zero-order chi connectivity index (χ0) is 22.3. The maximum atomic E-state index is 2.38. The van der Waals surface area contributed by atoms with Crippen LogP contribution in [0.2, 0.25) is 0 Å². The largest absolute Gasteiger partial charge is 0.0683 e. The van der Waals surface area contributed by atoms with Gasteiger partial charge in [0.1, 0.15) is 0 Å². The molecule has 2 rings (SSSR count). The molecule has 2 aliphatic rings. The Morgan fingerprint density at radius 1 is 0.321 bits per heavy atom. The van der Waals surface area contributed by atoms with E-state index in [4.69, 9.17) is 0 Å². The van der Waals surface area contributed by atoms with E-state index in [1.54, 1.807) is 0 Å². The first-order valence-corrected chi connectivity index (χ1v) is 13.2. The van der Waals surface area contributed by atoms with Gasteiger partial charge in [0.2, 0.25) is 0 Å². The van der Waals surface area contributed by atoms with Crippen molar-refractivity contribution in [3.05, 3.63) is 0 Å². The Morgan fingerprint density at radius 2 is 0.429 bits per heavy atom. The van der Waals surface area contributed by atoms with Crippen molar-refractivity contribution in [1.29, 1.82) is 0 Å². The first-order valence-electron chi connectivity index (χ1n) is 13.2. The van der Waals surface area contributed by atoms with E-state index in [0.717, 1.165) is 47.3 Å². The van der Waals surface area contributed by atoms with Crippen LogP contribution in [0.4, 0.5) is 0 Å². The van der Waals surface area contributed by atoms with Crippen LogP contribution in [0.15, 0.2) is 0 Å². The minimum atomic E-state index is 0.915. The molecule has 0 heteroatoms. The summed E-state index contributed by atoms with van der Waals surface area (Å²) in [6.45, 7) is 27.0. The fourth-order valence-electron chi connectivity index (χ4n) is 4.96. The Labute approximate surface area is 182 Å². The molecule has 0 aromatic carbocycles. The Balaban J connectivity index is 0. The molecular weight excluding hydrogens is 336 g/mol. The Morgan fingerprint density at radius 3 is 0.500 bits per heavy atom. The molecule has 0 heterocycles. The highest BCUT2D eigenvalue weighted by atomic mass is 14.3. The molecule has 0 radical (unpaired) electrons. The van der Waals surface area contributed by atoms with E-state index in [2.05, 4.69) is 55.4 Å². The van der Waals surface area contributed by atoms with E-state index in [9.17, 15) is 0 Å². The van der Waals surface area contributed by atoms with Crippen LogP contribution in [-0.4, -0.2) is 0 Å². The van der Waals surface area contributed by atoms with Crippen molar-refractivity contribution in [2.45, 2.75) is 134 Å². The van der Waals surface area contributed by atoms with Crippen molar-refractivity contribution >= 4 is 0 Å². The topological polar surface area (TPSA) is 0 Å². The first-order chi connectivity index (χ1) is 13.2. The molecule has 0 spiro atoms. The van der Waals surface area contributed by atoms with Gasteiger partial charge < -0.3 is 0 Å². The van der Waals surface area contributed by atoms with Crippen molar-refractivity contribution in [1.82, 2.24) is 0 Å². The van der Waals surface area contributed by atoms with Crippen LogP contribution in [0.3, 0.4) is 0 Å². The van der Waals surface area contributed by atoms with Crippen molar-refractivity contribution in [3.63, 3.8) is 0 Å². The second-order valence-corrected chi connectivity index (χ2v) is 10.3. The Bertz CT molecular complexity index is 232. The summed E-state index contributed by atoms with van der Waals surface area (Å²) in [7, 11) is 0. The number of hydrogen-bond donors (Lipinski definition) is 0. The summed E-state index contributed by atoms with van der Waals surface area (Å²) in [4.78, 5) is 0. The molecule has 0 N–H and O–H groups in total. The molecule has 28 heavy (non-hydrogen) atoms. The summed E-state index contributed by atoms with van der Waals surface area (Å²) < 4.78 is 0. The van der Waals surface area contributed by atoms with Crippen LogP contribution in [-0.2, 0) is 0 Å². The molecule has 0 unspecified atom stereocenters. The third-order valence-corrected chi connectivity index (χ3v) is 7.40. The van der Waals surface area contributed by atoms with Crippen LogP contribution in [0.1, 0.15) is 134 Å². The summed E-state index contributed by atoms with van der Waals surface area (Å²) in [5, 5.41) is 0. The van der Waals surface area contributed by atoms with Gasteiger partial charge in [-0.2, -0.15) is 0 Å². The number of rotatable bonds is 4. The summed E-state index contributed by atoms with van der Waals surface area (Å²) in [5.74, 6) is 7.77. The van der Waals surface area contributed by atoms with Gasteiger partial charge in [-0.05, 0) is 98.7 Å². The third-order valence-electron chi connectivity index (χ3n) is 7.40. The van der Waals surface area contributed by atoms with E-state index in [0.29, 0.717) is 0 Å². The van der Waals surface area contributed by atoms with E-state index in [-0.39, 0.29) is 0 Å². The average molecular weight is 397 g/mol. The predicted molar refractivity (Wildman–Crippen MR) is 133 cm³/mol. The van der Waals surface area contributed by atoms with Crippen molar-refractivity contribution in [3.8, 4) is 0 Å². The molecule has 0 atom stereocenters. The van der Waals surface area contributed by atoms with Gasteiger partial charge in [0.15, 0.2) is 0 Å². The van der Waals surface area contributed by atoms with E-state index < -0.39 is 0 Å². The SMILES string of the molecule is CC.CC.CC(C)C1CCC(C(C)C)CC1.CC(C)C1CCC(C(C)C)CC1. The van der Waals surface area contributed by atoms with Crippen molar-refractivity contribution in [2.24, 2.45) is 47.3 Å². The lowest BCUT2D eigenvalue weighted by molar-refractivity contribution is 0.189. The minimum Gasteiger partial charge on any atom is -0.0683 e. The van der Waals surface area contributed by atoms with Gasteiger partial charge in [-0.25, -0.2) is 0 Å². The molecule has 0 aromatic heterocycles. The summed E-state index contributed by atoms with van der Waals surface area (Å²) >= 11 is 0. The molecular formula is C28H60. The highest BCUT2D eigenvalue weighted by molar-refractivity contribution is 4.76. The summed E-state index contributed by atoms with van der Waals surface area (Å²) in [5.41, 5.74) is 0. The zero-order valence-electron chi connectivity index (χ0n) is 22.3. The van der Waals surface area contributed by atoms with Crippen LogP contribution in [0.5, 0.6) is 0 Å². The first kappa shape index (κ1) is 30.2. The molecule has 2 saturated carbocycles. The van der Waals surface area contributed by atoms with Crippen molar-refractivity contribution in [2.75, 3.05) is 0 Å². The van der Waals surface area contributed by atoms with Crippen LogP contribution in [0, 0.1) is 47.3 Å². The van der Waals surface area contributed by atoms with Gasteiger partial charge in [-0.1, -0.05) is 83.1 Å². The van der Waals surface area contributed by atoms with Gasteiger partial charge in [0.25, 0.3) is 0 Å². The third kappa shape index (κ3) is 12.5.